The summed E-state index contributed by atoms with van der Waals surface area (Å²) < 4.78 is 35.8. The third kappa shape index (κ3) is 4.01. The van der Waals surface area contributed by atoms with Gasteiger partial charge in [0.15, 0.2) is 9.84 Å². The lowest BCUT2D eigenvalue weighted by atomic mass is 10.2. The molecule has 0 bridgehead atoms. The molecule has 0 radical (unpaired) electrons. The van der Waals surface area contributed by atoms with Gasteiger partial charge in [-0.1, -0.05) is 18.2 Å². The first-order valence-corrected chi connectivity index (χ1v) is 8.69. The normalized spacial score (nSPS) is 11.5. The highest BCUT2D eigenvalue weighted by atomic mass is 32.2. The molecule has 0 heterocycles. The Morgan fingerprint density at radius 1 is 1.00 bits per heavy atom. The maximum atomic E-state index is 12.5. The maximum Gasteiger partial charge on any atom is 0.182 e. The summed E-state index contributed by atoms with van der Waals surface area (Å²) in [5.74, 6) is 1.14. The number of hydrogen-bond donors (Lipinski definition) is 0. The van der Waals surface area contributed by atoms with Crippen LogP contribution in [0.3, 0.4) is 0 Å². The van der Waals surface area contributed by atoms with Crippen molar-refractivity contribution in [2.75, 3.05) is 7.11 Å². The van der Waals surface area contributed by atoms with Gasteiger partial charge in [-0.25, -0.2) is 8.42 Å². The first kappa shape index (κ1) is 16.4. The molecule has 0 fully saturated rings. The predicted molar refractivity (Wildman–Crippen MR) is 86.1 cm³/mol. The van der Waals surface area contributed by atoms with E-state index >= 15 is 0 Å². The first-order chi connectivity index (χ1) is 10.4. The molecule has 2 rings (SSSR count). The van der Waals surface area contributed by atoms with Crippen molar-refractivity contribution in [1.29, 1.82) is 0 Å². The van der Waals surface area contributed by atoms with Crippen molar-refractivity contribution in [1.82, 2.24) is 0 Å². The number of benzene rings is 2. The van der Waals surface area contributed by atoms with Crippen LogP contribution in [0.15, 0.2) is 53.4 Å². The van der Waals surface area contributed by atoms with Gasteiger partial charge < -0.3 is 9.47 Å². The fourth-order valence-electron chi connectivity index (χ4n) is 2.06. The molecular formula is C17H20O4S. The van der Waals surface area contributed by atoms with Crippen LogP contribution in [0.4, 0.5) is 0 Å². The SMILES string of the molecule is COc1ccc(S(=O)(=O)Cc2ccccc2OC(C)C)cc1. The van der Waals surface area contributed by atoms with Crippen LogP contribution in [0.25, 0.3) is 0 Å². The van der Waals surface area contributed by atoms with Crippen molar-refractivity contribution in [2.24, 2.45) is 0 Å². The molecule has 0 atom stereocenters. The standard InChI is InChI=1S/C17H20O4S/c1-13(2)21-17-7-5-4-6-14(17)12-22(18,19)16-10-8-15(20-3)9-11-16/h4-11,13H,12H2,1-3H3. The second kappa shape index (κ2) is 6.83. The summed E-state index contributed by atoms with van der Waals surface area (Å²) in [6.07, 6.45) is -0.00941. The number of rotatable bonds is 6. The minimum absolute atomic E-state index is 0.00941. The zero-order chi connectivity index (χ0) is 16.2. The topological polar surface area (TPSA) is 52.6 Å². The van der Waals surface area contributed by atoms with E-state index in [0.29, 0.717) is 17.1 Å². The predicted octanol–water partition coefficient (Wildman–Crippen LogP) is 3.46. The lowest BCUT2D eigenvalue weighted by Crippen LogP contribution is -2.10. The van der Waals surface area contributed by atoms with Crippen molar-refractivity contribution in [3.05, 3.63) is 54.1 Å². The average Bonchev–Trinajstić information content (AvgIpc) is 2.48. The molecule has 118 valence electrons. The van der Waals surface area contributed by atoms with E-state index in [9.17, 15) is 8.42 Å². The van der Waals surface area contributed by atoms with Gasteiger partial charge in [0.05, 0.1) is 23.9 Å². The van der Waals surface area contributed by atoms with Crippen LogP contribution in [0.1, 0.15) is 19.4 Å². The fraction of sp³-hybridized carbons (Fsp3) is 0.294. The van der Waals surface area contributed by atoms with Crippen molar-refractivity contribution in [2.45, 2.75) is 30.6 Å². The molecular weight excluding hydrogens is 300 g/mol. The molecule has 0 unspecified atom stereocenters. The Morgan fingerprint density at radius 2 is 1.64 bits per heavy atom. The maximum absolute atomic E-state index is 12.5. The molecule has 22 heavy (non-hydrogen) atoms. The van der Waals surface area contributed by atoms with E-state index in [2.05, 4.69) is 0 Å². The summed E-state index contributed by atoms with van der Waals surface area (Å²) in [5, 5.41) is 0. The molecule has 0 aliphatic rings. The minimum Gasteiger partial charge on any atom is -0.497 e. The highest BCUT2D eigenvalue weighted by Crippen LogP contribution is 2.25. The summed E-state index contributed by atoms with van der Waals surface area (Å²) in [5.41, 5.74) is 0.659. The molecule has 5 heteroatoms. The Kier molecular flexibility index (Phi) is 5.08. The van der Waals surface area contributed by atoms with E-state index in [-0.39, 0.29) is 16.8 Å². The number of ether oxygens (including phenoxy) is 2. The number of sulfone groups is 1. The number of para-hydroxylation sites is 1. The van der Waals surface area contributed by atoms with Gasteiger partial charge in [0.25, 0.3) is 0 Å². The summed E-state index contributed by atoms with van der Waals surface area (Å²) in [6.45, 7) is 3.82. The third-order valence-electron chi connectivity index (χ3n) is 3.10. The average molecular weight is 320 g/mol. The molecule has 0 aliphatic heterocycles. The molecule has 0 aromatic heterocycles. The molecule has 4 nitrogen and oxygen atoms in total. The van der Waals surface area contributed by atoms with Crippen molar-refractivity contribution >= 4 is 9.84 Å². The van der Waals surface area contributed by atoms with E-state index in [1.807, 2.05) is 26.0 Å². The largest absolute Gasteiger partial charge is 0.497 e. The van der Waals surface area contributed by atoms with E-state index in [1.165, 1.54) is 0 Å². The molecule has 0 spiro atoms. The zero-order valence-electron chi connectivity index (χ0n) is 12.9. The molecule has 0 aliphatic carbocycles. The molecule has 0 saturated heterocycles. The summed E-state index contributed by atoms with van der Waals surface area (Å²) in [4.78, 5) is 0.271. The van der Waals surface area contributed by atoms with E-state index in [1.54, 1.807) is 43.5 Å². The van der Waals surface area contributed by atoms with Gasteiger partial charge in [0.2, 0.25) is 0 Å². The lowest BCUT2D eigenvalue weighted by Gasteiger charge is -2.14. The van der Waals surface area contributed by atoms with Crippen LogP contribution in [-0.2, 0) is 15.6 Å². The smallest absolute Gasteiger partial charge is 0.182 e. The number of methoxy groups -OCH3 is 1. The zero-order valence-corrected chi connectivity index (χ0v) is 13.8. The van der Waals surface area contributed by atoms with Gasteiger partial charge in [-0.2, -0.15) is 0 Å². The van der Waals surface area contributed by atoms with Gasteiger partial charge >= 0.3 is 0 Å². The quantitative estimate of drug-likeness (QED) is 0.818. The first-order valence-electron chi connectivity index (χ1n) is 7.04. The summed E-state index contributed by atoms with van der Waals surface area (Å²) >= 11 is 0. The Balaban J connectivity index is 2.28. The van der Waals surface area contributed by atoms with Crippen molar-refractivity contribution < 1.29 is 17.9 Å². The van der Waals surface area contributed by atoms with Crippen LogP contribution < -0.4 is 9.47 Å². The van der Waals surface area contributed by atoms with Crippen molar-refractivity contribution in [3.63, 3.8) is 0 Å². The Morgan fingerprint density at radius 3 is 2.23 bits per heavy atom. The van der Waals surface area contributed by atoms with Crippen LogP contribution in [0.2, 0.25) is 0 Å². The summed E-state index contributed by atoms with van der Waals surface area (Å²) in [6, 6.07) is 13.6. The highest BCUT2D eigenvalue weighted by Gasteiger charge is 2.18. The van der Waals surface area contributed by atoms with Gasteiger partial charge in [0.1, 0.15) is 11.5 Å². The van der Waals surface area contributed by atoms with Crippen molar-refractivity contribution in [3.8, 4) is 11.5 Å². The minimum atomic E-state index is -3.43. The van der Waals surface area contributed by atoms with E-state index < -0.39 is 9.84 Å². The van der Waals surface area contributed by atoms with Crippen LogP contribution in [0.5, 0.6) is 11.5 Å². The molecule has 2 aromatic carbocycles. The Labute approximate surface area is 131 Å². The Bertz CT molecular complexity index is 719. The van der Waals surface area contributed by atoms with Gasteiger partial charge in [0, 0.05) is 5.56 Å². The van der Waals surface area contributed by atoms with Crippen LogP contribution in [0, 0.1) is 0 Å². The second-order valence-corrected chi connectivity index (χ2v) is 7.20. The molecule has 0 amide bonds. The second-order valence-electron chi connectivity index (χ2n) is 5.21. The van der Waals surface area contributed by atoms with E-state index in [4.69, 9.17) is 9.47 Å². The van der Waals surface area contributed by atoms with Gasteiger partial charge in [-0.15, -0.1) is 0 Å². The number of hydrogen-bond acceptors (Lipinski definition) is 4. The Hall–Kier alpha value is -2.01. The van der Waals surface area contributed by atoms with Gasteiger partial charge in [-0.3, -0.25) is 0 Å². The van der Waals surface area contributed by atoms with E-state index in [0.717, 1.165) is 0 Å². The molecule has 2 aromatic rings. The monoisotopic (exact) mass is 320 g/mol. The fourth-order valence-corrected chi connectivity index (χ4v) is 3.43. The molecule has 0 N–H and O–H groups in total. The van der Waals surface area contributed by atoms with Crippen LogP contribution >= 0.6 is 0 Å². The van der Waals surface area contributed by atoms with Gasteiger partial charge in [-0.05, 0) is 44.2 Å². The summed E-state index contributed by atoms with van der Waals surface area (Å²) in [7, 11) is -1.89. The molecule has 0 saturated carbocycles. The highest BCUT2D eigenvalue weighted by molar-refractivity contribution is 7.90. The lowest BCUT2D eigenvalue weighted by molar-refractivity contribution is 0.240. The van der Waals surface area contributed by atoms with Crippen LogP contribution in [-0.4, -0.2) is 21.6 Å². The third-order valence-corrected chi connectivity index (χ3v) is 4.78.